The molecule has 1 aliphatic heterocycles. The van der Waals surface area contributed by atoms with Gasteiger partial charge in [0.2, 0.25) is 5.56 Å². The van der Waals surface area contributed by atoms with Crippen molar-refractivity contribution in [3.8, 4) is 5.75 Å². The monoisotopic (exact) mass is 391 g/mol. The third-order valence-corrected chi connectivity index (χ3v) is 5.81. The zero-order valence-electron chi connectivity index (χ0n) is 17.3. The van der Waals surface area contributed by atoms with Gasteiger partial charge in [0.1, 0.15) is 5.75 Å². The Labute approximate surface area is 171 Å². The van der Waals surface area contributed by atoms with Crippen LogP contribution in [0.25, 0.3) is 10.9 Å². The molecule has 1 fully saturated rings. The summed E-state index contributed by atoms with van der Waals surface area (Å²) in [6.45, 7) is 10.4. The quantitative estimate of drug-likeness (QED) is 0.651. The average molecular weight is 392 g/mol. The maximum absolute atomic E-state index is 11.4. The molecule has 5 nitrogen and oxygen atoms in total. The van der Waals surface area contributed by atoms with E-state index in [4.69, 9.17) is 4.74 Å². The van der Waals surface area contributed by atoms with E-state index in [-0.39, 0.29) is 5.56 Å². The topological polar surface area (TPSA) is 48.6 Å². The van der Waals surface area contributed by atoms with Crippen molar-refractivity contribution in [3.63, 3.8) is 0 Å². The summed E-state index contributed by atoms with van der Waals surface area (Å²) in [6, 6.07) is 15.9. The zero-order valence-corrected chi connectivity index (χ0v) is 17.3. The molecule has 2 aromatic carbocycles. The van der Waals surface area contributed by atoms with E-state index in [1.807, 2.05) is 24.3 Å². The first kappa shape index (κ1) is 19.5. The van der Waals surface area contributed by atoms with E-state index < -0.39 is 0 Å². The number of anilines is 1. The summed E-state index contributed by atoms with van der Waals surface area (Å²) < 4.78 is 5.92. The molecule has 1 aromatic heterocycles. The molecule has 0 saturated carbocycles. The van der Waals surface area contributed by atoms with Gasteiger partial charge in [-0.25, -0.2) is 0 Å². The minimum Gasteiger partial charge on any atom is -0.494 e. The molecule has 0 aliphatic carbocycles. The largest absolute Gasteiger partial charge is 0.494 e. The van der Waals surface area contributed by atoms with Gasteiger partial charge >= 0.3 is 0 Å². The van der Waals surface area contributed by atoms with Gasteiger partial charge in [0.05, 0.1) is 6.61 Å². The number of hydrogen-bond acceptors (Lipinski definition) is 4. The molecule has 5 heteroatoms. The molecule has 2 heterocycles. The first-order valence-electron chi connectivity index (χ1n) is 10.4. The maximum Gasteiger partial charge on any atom is 0.248 e. The summed E-state index contributed by atoms with van der Waals surface area (Å²) in [7, 11) is 0. The van der Waals surface area contributed by atoms with Crippen molar-refractivity contribution >= 4 is 16.6 Å². The van der Waals surface area contributed by atoms with E-state index in [2.05, 4.69) is 46.8 Å². The van der Waals surface area contributed by atoms with Crippen molar-refractivity contribution in [2.24, 2.45) is 0 Å². The van der Waals surface area contributed by atoms with Crippen LogP contribution in [-0.2, 0) is 0 Å². The number of aryl methyl sites for hydroxylation is 2. The van der Waals surface area contributed by atoms with Gasteiger partial charge < -0.3 is 14.6 Å². The van der Waals surface area contributed by atoms with E-state index in [0.717, 1.165) is 55.8 Å². The summed E-state index contributed by atoms with van der Waals surface area (Å²) in [4.78, 5) is 19.2. The Balaban J connectivity index is 1.21. The normalized spacial score (nSPS) is 15.0. The van der Waals surface area contributed by atoms with E-state index in [1.54, 1.807) is 6.07 Å². The molecule has 152 valence electrons. The van der Waals surface area contributed by atoms with Crippen LogP contribution in [0, 0.1) is 13.8 Å². The molecule has 0 amide bonds. The summed E-state index contributed by atoms with van der Waals surface area (Å²) in [5, 5.41) is 0.990. The highest BCUT2D eigenvalue weighted by Gasteiger charge is 2.17. The van der Waals surface area contributed by atoms with Gasteiger partial charge in [0, 0.05) is 55.4 Å². The second kappa shape index (κ2) is 8.70. The minimum absolute atomic E-state index is 0.0798. The summed E-state index contributed by atoms with van der Waals surface area (Å²) in [5.74, 6) is 0.851. The van der Waals surface area contributed by atoms with Crippen molar-refractivity contribution in [2.75, 3.05) is 44.2 Å². The third-order valence-electron chi connectivity index (χ3n) is 5.81. The molecule has 29 heavy (non-hydrogen) atoms. The molecular weight excluding hydrogens is 362 g/mol. The SMILES string of the molecule is Cc1ccc(N2CCN(CCCOc3ccc4[nH]c(=O)ccc4c3)CC2)cc1C. The first-order valence-corrected chi connectivity index (χ1v) is 10.4. The van der Waals surface area contributed by atoms with Gasteiger partial charge in [-0.15, -0.1) is 0 Å². The van der Waals surface area contributed by atoms with Crippen LogP contribution in [0.3, 0.4) is 0 Å². The number of ether oxygens (including phenoxy) is 1. The number of aromatic amines is 1. The number of benzene rings is 2. The number of rotatable bonds is 6. The number of hydrogen-bond donors (Lipinski definition) is 1. The molecule has 1 N–H and O–H groups in total. The van der Waals surface area contributed by atoms with Crippen LogP contribution in [-0.4, -0.2) is 49.2 Å². The van der Waals surface area contributed by atoms with Crippen molar-refractivity contribution in [3.05, 3.63) is 70.0 Å². The van der Waals surface area contributed by atoms with Crippen molar-refractivity contribution in [1.29, 1.82) is 0 Å². The molecule has 4 rings (SSSR count). The Morgan fingerprint density at radius 1 is 0.931 bits per heavy atom. The molecule has 0 radical (unpaired) electrons. The molecule has 1 aliphatic rings. The lowest BCUT2D eigenvalue weighted by atomic mass is 10.1. The average Bonchev–Trinajstić information content (AvgIpc) is 2.74. The minimum atomic E-state index is -0.0798. The number of fused-ring (bicyclic) bond motifs is 1. The lowest BCUT2D eigenvalue weighted by molar-refractivity contribution is 0.225. The van der Waals surface area contributed by atoms with E-state index in [0.29, 0.717) is 6.61 Å². The van der Waals surface area contributed by atoms with Crippen LogP contribution in [0.4, 0.5) is 5.69 Å². The number of pyridine rings is 1. The molecule has 3 aromatic rings. The predicted molar refractivity (Wildman–Crippen MR) is 119 cm³/mol. The predicted octanol–water partition coefficient (Wildman–Crippen LogP) is 3.74. The summed E-state index contributed by atoms with van der Waals surface area (Å²) >= 11 is 0. The van der Waals surface area contributed by atoms with Gasteiger partial charge in [-0.3, -0.25) is 9.69 Å². The highest BCUT2D eigenvalue weighted by atomic mass is 16.5. The van der Waals surface area contributed by atoms with Crippen LogP contribution >= 0.6 is 0 Å². The second-order valence-electron chi connectivity index (χ2n) is 7.87. The van der Waals surface area contributed by atoms with Crippen LogP contribution in [0.5, 0.6) is 5.75 Å². The molecular formula is C24H29N3O2. The third kappa shape index (κ3) is 4.80. The Bertz CT molecular complexity index is 1040. The van der Waals surface area contributed by atoms with Gasteiger partial charge in [-0.05, 0) is 67.8 Å². The Kier molecular flexibility index (Phi) is 5.86. The number of aromatic nitrogens is 1. The summed E-state index contributed by atoms with van der Waals surface area (Å²) in [6.07, 6.45) is 1.01. The lowest BCUT2D eigenvalue weighted by Gasteiger charge is -2.36. The van der Waals surface area contributed by atoms with Crippen LogP contribution in [0.1, 0.15) is 17.5 Å². The van der Waals surface area contributed by atoms with Crippen molar-refractivity contribution in [2.45, 2.75) is 20.3 Å². The number of piperazine rings is 1. The second-order valence-corrected chi connectivity index (χ2v) is 7.87. The molecule has 0 unspecified atom stereocenters. The smallest absolute Gasteiger partial charge is 0.248 e. The lowest BCUT2D eigenvalue weighted by Crippen LogP contribution is -2.46. The van der Waals surface area contributed by atoms with Crippen molar-refractivity contribution < 1.29 is 4.74 Å². The molecule has 0 bridgehead atoms. The Morgan fingerprint density at radius 2 is 1.76 bits per heavy atom. The maximum atomic E-state index is 11.4. The fourth-order valence-electron chi connectivity index (χ4n) is 3.85. The Morgan fingerprint density at radius 3 is 2.55 bits per heavy atom. The zero-order chi connectivity index (χ0) is 20.2. The van der Waals surface area contributed by atoms with E-state index >= 15 is 0 Å². The van der Waals surface area contributed by atoms with Crippen molar-refractivity contribution in [1.82, 2.24) is 9.88 Å². The number of nitrogens with zero attached hydrogens (tertiary/aromatic N) is 2. The number of H-pyrrole nitrogens is 1. The van der Waals surface area contributed by atoms with E-state index in [9.17, 15) is 4.79 Å². The fraction of sp³-hybridized carbons (Fsp3) is 0.375. The van der Waals surface area contributed by atoms with Crippen LogP contribution < -0.4 is 15.2 Å². The number of nitrogens with one attached hydrogen (secondary N) is 1. The van der Waals surface area contributed by atoms with Gasteiger partial charge in [0.15, 0.2) is 0 Å². The molecule has 0 spiro atoms. The highest BCUT2D eigenvalue weighted by Crippen LogP contribution is 2.21. The summed E-state index contributed by atoms with van der Waals surface area (Å²) in [5.41, 5.74) is 4.82. The van der Waals surface area contributed by atoms with Crippen LogP contribution in [0.2, 0.25) is 0 Å². The van der Waals surface area contributed by atoms with E-state index in [1.165, 1.54) is 16.8 Å². The molecule has 1 saturated heterocycles. The highest BCUT2D eigenvalue weighted by molar-refractivity contribution is 5.79. The van der Waals surface area contributed by atoms with Gasteiger partial charge in [-0.1, -0.05) is 6.07 Å². The first-order chi connectivity index (χ1) is 14.1. The fourth-order valence-corrected chi connectivity index (χ4v) is 3.85. The Hall–Kier alpha value is -2.79. The van der Waals surface area contributed by atoms with Gasteiger partial charge in [0.25, 0.3) is 0 Å². The molecule has 0 atom stereocenters. The standard InChI is InChI=1S/C24H29N3O2/c1-18-4-6-21(16-19(18)2)27-13-11-26(12-14-27)10-3-15-29-22-7-8-23-20(17-22)5-9-24(28)25-23/h4-9,16-17H,3,10-15H2,1-2H3,(H,25,28). The van der Waals surface area contributed by atoms with Crippen LogP contribution in [0.15, 0.2) is 53.3 Å². The van der Waals surface area contributed by atoms with Gasteiger partial charge in [-0.2, -0.15) is 0 Å².